The Labute approximate surface area is 127 Å². The first-order valence-corrected chi connectivity index (χ1v) is 8.44. The quantitative estimate of drug-likeness (QED) is 0.719. The van der Waals surface area contributed by atoms with Crippen LogP contribution in [0.15, 0.2) is 5.38 Å². The summed E-state index contributed by atoms with van der Waals surface area (Å²) in [6, 6.07) is -0.811. The Morgan fingerprint density at radius 1 is 1.50 bits per heavy atom. The molecule has 0 aliphatic rings. The lowest BCUT2D eigenvalue weighted by Crippen LogP contribution is -2.44. The van der Waals surface area contributed by atoms with E-state index in [0.29, 0.717) is 12.2 Å². The fraction of sp³-hybridized carbons (Fsp3) is 0.615. The molecule has 0 spiro atoms. The van der Waals surface area contributed by atoms with Crippen molar-refractivity contribution < 1.29 is 14.7 Å². The number of carbonyl (C=O) groups excluding carboxylic acids is 1. The zero-order valence-corrected chi connectivity index (χ0v) is 13.5. The molecule has 0 radical (unpaired) electrons. The van der Waals surface area contributed by atoms with Crippen molar-refractivity contribution in [2.45, 2.75) is 39.0 Å². The molecule has 1 atom stereocenters. The highest BCUT2D eigenvalue weighted by Crippen LogP contribution is 2.15. The molecule has 1 aromatic heterocycles. The first-order chi connectivity index (χ1) is 9.40. The molecule has 0 saturated carbocycles. The van der Waals surface area contributed by atoms with Gasteiger partial charge in [-0.2, -0.15) is 11.8 Å². The number of thioether (sulfide) groups is 1. The molecule has 112 valence electrons. The lowest BCUT2D eigenvalue weighted by atomic mass is 10.0. The van der Waals surface area contributed by atoms with E-state index in [1.54, 1.807) is 36.9 Å². The topological polar surface area (TPSA) is 79.3 Å². The van der Waals surface area contributed by atoms with E-state index in [0.717, 1.165) is 16.5 Å². The van der Waals surface area contributed by atoms with E-state index in [2.05, 4.69) is 10.3 Å². The number of rotatable bonds is 8. The van der Waals surface area contributed by atoms with Crippen LogP contribution < -0.4 is 5.32 Å². The molecular formula is C13H20N2O3S2. The predicted octanol–water partition coefficient (Wildman–Crippen LogP) is 2.30. The molecule has 2 N–H and O–H groups in total. The van der Waals surface area contributed by atoms with Crippen molar-refractivity contribution in [3.05, 3.63) is 16.1 Å². The van der Waals surface area contributed by atoms with Gasteiger partial charge in [-0.3, -0.25) is 4.79 Å². The van der Waals surface area contributed by atoms with Crippen molar-refractivity contribution in [1.82, 2.24) is 10.3 Å². The van der Waals surface area contributed by atoms with Crippen molar-refractivity contribution in [2.24, 2.45) is 5.92 Å². The fourth-order valence-corrected chi connectivity index (χ4v) is 3.12. The summed E-state index contributed by atoms with van der Waals surface area (Å²) in [7, 11) is 0. The lowest BCUT2D eigenvalue weighted by molar-refractivity contribution is -0.143. The van der Waals surface area contributed by atoms with Crippen LogP contribution in [0.4, 0.5) is 0 Å². The SMILES string of the molecule is Cc1nc(CSCCC(=O)NC(C(=O)O)C(C)C)cs1. The van der Waals surface area contributed by atoms with E-state index in [1.165, 1.54) is 0 Å². The van der Waals surface area contributed by atoms with Gasteiger partial charge in [0.25, 0.3) is 0 Å². The molecule has 1 heterocycles. The largest absolute Gasteiger partial charge is 0.480 e. The number of hydrogen-bond donors (Lipinski definition) is 2. The van der Waals surface area contributed by atoms with Crippen LogP contribution in [0.3, 0.4) is 0 Å². The first kappa shape index (κ1) is 17.0. The summed E-state index contributed by atoms with van der Waals surface area (Å²) in [5.41, 5.74) is 1.03. The first-order valence-electron chi connectivity index (χ1n) is 6.41. The predicted molar refractivity (Wildman–Crippen MR) is 82.0 cm³/mol. The summed E-state index contributed by atoms with van der Waals surface area (Å²) in [6.45, 7) is 5.51. The number of carbonyl (C=O) groups is 2. The zero-order valence-electron chi connectivity index (χ0n) is 11.9. The Morgan fingerprint density at radius 2 is 2.20 bits per heavy atom. The van der Waals surface area contributed by atoms with Crippen molar-refractivity contribution in [3.8, 4) is 0 Å². The third kappa shape index (κ3) is 5.92. The molecule has 0 aliphatic heterocycles. The van der Waals surface area contributed by atoms with Gasteiger partial charge in [0.2, 0.25) is 5.91 Å². The van der Waals surface area contributed by atoms with E-state index in [1.807, 2.05) is 12.3 Å². The molecule has 0 fully saturated rings. The molecule has 0 aromatic carbocycles. The number of aryl methyl sites for hydroxylation is 1. The molecule has 1 amide bonds. The van der Waals surface area contributed by atoms with Gasteiger partial charge in [0.05, 0.1) is 10.7 Å². The van der Waals surface area contributed by atoms with Gasteiger partial charge in [-0.15, -0.1) is 11.3 Å². The fourth-order valence-electron chi connectivity index (χ4n) is 1.58. The van der Waals surface area contributed by atoms with Crippen LogP contribution >= 0.6 is 23.1 Å². The van der Waals surface area contributed by atoms with Gasteiger partial charge in [0.1, 0.15) is 6.04 Å². The Morgan fingerprint density at radius 3 is 2.70 bits per heavy atom. The van der Waals surface area contributed by atoms with Gasteiger partial charge in [-0.1, -0.05) is 13.8 Å². The maximum Gasteiger partial charge on any atom is 0.326 e. The molecule has 1 aromatic rings. The molecule has 20 heavy (non-hydrogen) atoms. The number of amides is 1. The van der Waals surface area contributed by atoms with Crippen molar-refractivity contribution in [3.63, 3.8) is 0 Å². The number of aromatic nitrogens is 1. The van der Waals surface area contributed by atoms with Crippen molar-refractivity contribution in [2.75, 3.05) is 5.75 Å². The number of nitrogens with zero attached hydrogens (tertiary/aromatic N) is 1. The van der Waals surface area contributed by atoms with Gasteiger partial charge < -0.3 is 10.4 Å². The van der Waals surface area contributed by atoms with Crippen molar-refractivity contribution in [1.29, 1.82) is 0 Å². The highest BCUT2D eigenvalue weighted by molar-refractivity contribution is 7.98. The van der Waals surface area contributed by atoms with Crippen LogP contribution in [0, 0.1) is 12.8 Å². The average Bonchev–Trinajstić information content (AvgIpc) is 2.77. The Bertz CT molecular complexity index is 460. The number of thiazole rings is 1. The van der Waals surface area contributed by atoms with E-state index < -0.39 is 12.0 Å². The van der Waals surface area contributed by atoms with Crippen molar-refractivity contribution >= 4 is 35.0 Å². The van der Waals surface area contributed by atoms with E-state index in [-0.39, 0.29) is 11.8 Å². The molecule has 1 rings (SSSR count). The molecule has 0 aliphatic carbocycles. The monoisotopic (exact) mass is 316 g/mol. The Kier molecular flexibility index (Phi) is 7.01. The van der Waals surface area contributed by atoms with Crippen LogP contribution in [0.1, 0.15) is 31.0 Å². The minimum Gasteiger partial charge on any atom is -0.480 e. The number of nitrogens with one attached hydrogen (secondary N) is 1. The van der Waals surface area contributed by atoms with Crippen LogP contribution in [-0.2, 0) is 15.3 Å². The number of carboxylic acids is 1. The summed E-state index contributed by atoms with van der Waals surface area (Å²) in [5.74, 6) is 0.117. The summed E-state index contributed by atoms with van der Waals surface area (Å²) in [4.78, 5) is 27.0. The second-order valence-electron chi connectivity index (χ2n) is 4.79. The summed E-state index contributed by atoms with van der Waals surface area (Å²) >= 11 is 3.24. The zero-order chi connectivity index (χ0) is 15.1. The molecular weight excluding hydrogens is 296 g/mol. The summed E-state index contributed by atoms with van der Waals surface area (Å²) in [6.07, 6.45) is 0.324. The standard InChI is InChI=1S/C13H20N2O3S2/c1-8(2)12(13(17)18)15-11(16)4-5-19-6-10-7-20-9(3)14-10/h7-8,12H,4-6H2,1-3H3,(H,15,16)(H,17,18). The third-order valence-electron chi connectivity index (χ3n) is 2.64. The van der Waals surface area contributed by atoms with Gasteiger partial charge in [0.15, 0.2) is 0 Å². The molecule has 0 saturated heterocycles. The van der Waals surface area contributed by atoms with Crippen LogP contribution in [0.5, 0.6) is 0 Å². The normalized spacial score (nSPS) is 12.4. The summed E-state index contributed by atoms with van der Waals surface area (Å²) in [5, 5.41) is 14.6. The highest BCUT2D eigenvalue weighted by Gasteiger charge is 2.22. The van der Waals surface area contributed by atoms with Gasteiger partial charge in [-0.25, -0.2) is 9.78 Å². The number of aliphatic carboxylic acids is 1. The molecule has 5 nitrogen and oxygen atoms in total. The minimum absolute atomic E-state index is 0.123. The molecule has 0 bridgehead atoms. The van der Waals surface area contributed by atoms with Crippen LogP contribution in [-0.4, -0.2) is 33.8 Å². The molecule has 7 heteroatoms. The van der Waals surface area contributed by atoms with Gasteiger partial charge >= 0.3 is 5.97 Å². The van der Waals surface area contributed by atoms with E-state index in [9.17, 15) is 9.59 Å². The molecule has 1 unspecified atom stereocenters. The second-order valence-corrected chi connectivity index (χ2v) is 6.96. The van der Waals surface area contributed by atoms with E-state index >= 15 is 0 Å². The van der Waals surface area contributed by atoms with Gasteiger partial charge in [-0.05, 0) is 12.8 Å². The minimum atomic E-state index is -0.987. The average molecular weight is 316 g/mol. The van der Waals surface area contributed by atoms with E-state index in [4.69, 9.17) is 5.11 Å². The Hall–Kier alpha value is -1.08. The number of hydrogen-bond acceptors (Lipinski definition) is 5. The maximum absolute atomic E-state index is 11.7. The maximum atomic E-state index is 11.7. The van der Waals surface area contributed by atoms with Crippen LogP contribution in [0.25, 0.3) is 0 Å². The second kappa shape index (κ2) is 8.26. The smallest absolute Gasteiger partial charge is 0.326 e. The van der Waals surface area contributed by atoms with Gasteiger partial charge in [0, 0.05) is 23.3 Å². The third-order valence-corrected chi connectivity index (χ3v) is 4.45. The Balaban J connectivity index is 2.24. The van der Waals surface area contributed by atoms with Crippen LogP contribution in [0.2, 0.25) is 0 Å². The highest BCUT2D eigenvalue weighted by atomic mass is 32.2. The lowest BCUT2D eigenvalue weighted by Gasteiger charge is -2.17. The number of carboxylic acid groups (broad SMARTS) is 1. The summed E-state index contributed by atoms with van der Waals surface area (Å²) < 4.78 is 0.